The van der Waals surface area contributed by atoms with Crippen LogP contribution in [0.5, 0.6) is 0 Å². The lowest BCUT2D eigenvalue weighted by atomic mass is 9.85. The van der Waals surface area contributed by atoms with Crippen LogP contribution in [0.3, 0.4) is 0 Å². The smallest absolute Gasteiger partial charge is 0.407 e. The summed E-state index contributed by atoms with van der Waals surface area (Å²) in [6, 6.07) is 22.6. The van der Waals surface area contributed by atoms with Crippen LogP contribution in [0.25, 0.3) is 22.2 Å². The van der Waals surface area contributed by atoms with Crippen LogP contribution in [-0.2, 0) is 19.6 Å². The summed E-state index contributed by atoms with van der Waals surface area (Å²) in [4.78, 5) is 34.5. The molecule has 0 bridgehead atoms. The third-order valence-electron chi connectivity index (χ3n) is 8.18. The molecule has 254 valence electrons. The molecule has 2 aromatic heterocycles. The molecular weight excluding hydrogens is 664 g/mol. The lowest BCUT2D eigenvalue weighted by Gasteiger charge is -2.29. The number of carbonyl (C=O) groups excluding carboxylic acids is 2. The molecule has 1 aliphatic rings. The van der Waals surface area contributed by atoms with Crippen LogP contribution in [0.15, 0.2) is 96.2 Å². The highest BCUT2D eigenvalue weighted by Crippen LogP contribution is 2.36. The number of nitrogens with one attached hydrogen (secondary N) is 3. The van der Waals surface area contributed by atoms with Gasteiger partial charge in [0.25, 0.3) is 10.0 Å². The van der Waals surface area contributed by atoms with E-state index < -0.39 is 21.7 Å². The maximum Gasteiger partial charge on any atom is 0.407 e. The van der Waals surface area contributed by atoms with Gasteiger partial charge in [0.1, 0.15) is 5.60 Å². The number of anilines is 3. The van der Waals surface area contributed by atoms with E-state index in [0.29, 0.717) is 59.2 Å². The van der Waals surface area contributed by atoms with Crippen molar-refractivity contribution in [2.24, 2.45) is 5.92 Å². The normalized spacial score (nSPS) is 16.6. The van der Waals surface area contributed by atoms with Gasteiger partial charge in [-0.25, -0.2) is 27.2 Å². The molecule has 3 N–H and O–H groups in total. The van der Waals surface area contributed by atoms with Crippen molar-refractivity contribution in [1.82, 2.24) is 19.3 Å². The van der Waals surface area contributed by atoms with E-state index in [1.165, 1.54) is 16.4 Å². The van der Waals surface area contributed by atoms with E-state index in [0.717, 1.165) is 0 Å². The summed E-state index contributed by atoms with van der Waals surface area (Å²) < 4.78 is 33.8. The Hall–Kier alpha value is -4.94. The minimum Gasteiger partial charge on any atom is -0.444 e. The van der Waals surface area contributed by atoms with E-state index in [9.17, 15) is 18.0 Å². The Morgan fingerprint density at radius 3 is 2.35 bits per heavy atom. The van der Waals surface area contributed by atoms with Crippen LogP contribution >= 0.6 is 11.6 Å². The van der Waals surface area contributed by atoms with Crippen LogP contribution in [0.1, 0.15) is 46.5 Å². The van der Waals surface area contributed by atoms with Crippen LogP contribution in [0.2, 0.25) is 5.02 Å². The molecule has 2 amide bonds. The summed E-state index contributed by atoms with van der Waals surface area (Å²) in [5.74, 6) is -0.0236. The zero-order valence-electron chi connectivity index (χ0n) is 27.3. The number of rotatable bonds is 8. The zero-order chi connectivity index (χ0) is 34.8. The average Bonchev–Trinajstić information content (AvgIpc) is 3.46. The Morgan fingerprint density at radius 2 is 1.61 bits per heavy atom. The largest absolute Gasteiger partial charge is 0.444 e. The quantitative estimate of drug-likeness (QED) is 0.149. The van der Waals surface area contributed by atoms with Crippen LogP contribution in [-0.4, -0.2) is 46.0 Å². The first-order valence-electron chi connectivity index (χ1n) is 16.0. The minimum absolute atomic E-state index is 0.0273. The second-order valence-corrected chi connectivity index (χ2v) is 15.2. The fourth-order valence-electron chi connectivity index (χ4n) is 5.88. The second kappa shape index (κ2) is 13.9. The molecule has 1 fully saturated rings. The van der Waals surface area contributed by atoms with Crippen LogP contribution in [0, 0.1) is 5.92 Å². The van der Waals surface area contributed by atoms with Gasteiger partial charge in [0.2, 0.25) is 11.9 Å². The topological polar surface area (TPSA) is 144 Å². The molecule has 5 aromatic rings. The number of fused-ring (bicyclic) bond motifs is 1. The highest BCUT2D eigenvalue weighted by atomic mass is 35.5. The third-order valence-corrected chi connectivity index (χ3v) is 10.1. The SMILES string of the molecule is CC(C)(C)OC(=O)NC1CCC(C(=O)Nc2cccc(Nc3ncc(Cl)c(-c4cn(S(=O)(=O)c5ccccc5)c5ccccc45)n3)c2)CC1. The van der Waals surface area contributed by atoms with Crippen LogP contribution < -0.4 is 16.0 Å². The number of hydrogen-bond donors (Lipinski definition) is 3. The Balaban J connectivity index is 1.16. The molecule has 13 heteroatoms. The molecule has 0 spiro atoms. The van der Waals surface area contributed by atoms with Crippen molar-refractivity contribution in [3.63, 3.8) is 0 Å². The van der Waals surface area contributed by atoms with Gasteiger partial charge in [-0.2, -0.15) is 0 Å². The molecule has 3 aromatic carbocycles. The maximum atomic E-state index is 13.6. The standard InChI is InChI=1S/C36H37ClN6O5S/c1-36(2,3)48-35(45)41-24-18-16-23(17-19-24)33(44)39-25-10-9-11-26(20-25)40-34-38-21-30(37)32(42-34)29-22-43(31-15-8-7-14-28(29)31)49(46,47)27-12-5-4-6-13-27/h4-15,20-24H,16-19H2,1-3H3,(H,39,44)(H,41,45)(H,38,40,42). The van der Waals surface area contributed by atoms with Crippen LogP contribution in [0.4, 0.5) is 22.1 Å². The van der Waals surface area contributed by atoms with E-state index in [1.807, 2.05) is 39.0 Å². The summed E-state index contributed by atoms with van der Waals surface area (Å²) >= 11 is 6.60. The molecular formula is C36H37ClN6O5S. The van der Waals surface area contributed by atoms with E-state index in [1.54, 1.807) is 60.7 Å². The molecule has 49 heavy (non-hydrogen) atoms. The van der Waals surface area contributed by atoms with Gasteiger partial charge in [0, 0.05) is 40.5 Å². The Labute approximate surface area is 290 Å². The van der Waals surface area contributed by atoms with Crippen molar-refractivity contribution < 1.29 is 22.7 Å². The number of para-hydroxylation sites is 1. The molecule has 0 unspecified atom stereocenters. The molecule has 1 saturated carbocycles. The predicted molar refractivity (Wildman–Crippen MR) is 190 cm³/mol. The zero-order valence-corrected chi connectivity index (χ0v) is 28.9. The van der Waals surface area contributed by atoms with Crippen molar-refractivity contribution in [2.75, 3.05) is 10.6 Å². The molecule has 2 heterocycles. The fourth-order valence-corrected chi connectivity index (χ4v) is 7.47. The number of aromatic nitrogens is 3. The van der Waals surface area contributed by atoms with Crippen molar-refractivity contribution >= 4 is 61.9 Å². The summed E-state index contributed by atoms with van der Waals surface area (Å²) in [6.07, 6.45) is 5.22. The van der Waals surface area contributed by atoms with Gasteiger partial charge in [0.05, 0.1) is 27.3 Å². The predicted octanol–water partition coefficient (Wildman–Crippen LogP) is 7.75. The molecule has 1 aliphatic carbocycles. The minimum atomic E-state index is -3.90. The fraction of sp³-hybridized carbons (Fsp3) is 0.278. The van der Waals surface area contributed by atoms with E-state index in [-0.39, 0.29) is 33.7 Å². The summed E-state index contributed by atoms with van der Waals surface area (Å²) in [5.41, 5.74) is 2.04. The highest BCUT2D eigenvalue weighted by Gasteiger charge is 2.29. The highest BCUT2D eigenvalue weighted by molar-refractivity contribution is 7.90. The number of nitrogens with zero attached hydrogens (tertiary/aromatic N) is 3. The number of hydrogen-bond acceptors (Lipinski definition) is 8. The van der Waals surface area contributed by atoms with E-state index in [4.69, 9.17) is 16.3 Å². The molecule has 0 radical (unpaired) electrons. The number of ether oxygens (including phenoxy) is 1. The Bertz CT molecular complexity index is 2110. The van der Waals surface area contributed by atoms with Gasteiger partial charge in [-0.3, -0.25) is 4.79 Å². The van der Waals surface area contributed by atoms with Gasteiger partial charge >= 0.3 is 6.09 Å². The molecule has 0 atom stereocenters. The number of halogens is 1. The molecule has 11 nitrogen and oxygen atoms in total. The van der Waals surface area contributed by atoms with Crippen molar-refractivity contribution in [3.8, 4) is 11.3 Å². The first-order chi connectivity index (χ1) is 23.4. The lowest BCUT2D eigenvalue weighted by molar-refractivity contribution is -0.120. The van der Waals surface area contributed by atoms with Crippen molar-refractivity contribution in [2.45, 2.75) is 63.0 Å². The molecule has 0 aliphatic heterocycles. The lowest BCUT2D eigenvalue weighted by Crippen LogP contribution is -2.42. The number of amides is 2. The monoisotopic (exact) mass is 700 g/mol. The number of alkyl carbamates (subject to hydrolysis) is 1. The first kappa shape index (κ1) is 33.9. The summed E-state index contributed by atoms with van der Waals surface area (Å²) in [6.45, 7) is 5.46. The van der Waals surface area contributed by atoms with Gasteiger partial charge in [-0.05, 0) is 82.9 Å². The van der Waals surface area contributed by atoms with Gasteiger partial charge in [-0.1, -0.05) is 54.1 Å². The second-order valence-electron chi connectivity index (χ2n) is 13.0. The summed E-state index contributed by atoms with van der Waals surface area (Å²) in [5, 5.41) is 10.0. The van der Waals surface area contributed by atoms with Crippen molar-refractivity contribution in [1.29, 1.82) is 0 Å². The van der Waals surface area contributed by atoms with E-state index >= 15 is 0 Å². The van der Waals surface area contributed by atoms with Gasteiger partial charge < -0.3 is 20.7 Å². The van der Waals surface area contributed by atoms with Gasteiger partial charge in [-0.15, -0.1) is 0 Å². The molecule has 0 saturated heterocycles. The average molecular weight is 701 g/mol. The number of benzene rings is 3. The van der Waals surface area contributed by atoms with E-state index in [2.05, 4.69) is 25.9 Å². The van der Waals surface area contributed by atoms with Crippen molar-refractivity contribution in [3.05, 3.63) is 96.3 Å². The maximum absolute atomic E-state index is 13.6. The summed E-state index contributed by atoms with van der Waals surface area (Å²) in [7, 11) is -3.90. The number of carbonyl (C=O) groups is 2. The molecule has 6 rings (SSSR count). The van der Waals surface area contributed by atoms with Gasteiger partial charge in [0.15, 0.2) is 0 Å². The Morgan fingerprint density at radius 1 is 0.918 bits per heavy atom. The third kappa shape index (κ3) is 7.87. The first-order valence-corrected chi connectivity index (χ1v) is 17.8. The Kier molecular flexibility index (Phi) is 9.62.